The van der Waals surface area contributed by atoms with E-state index >= 15 is 0 Å². The predicted octanol–water partition coefficient (Wildman–Crippen LogP) is 0.496. The number of hydrogen-bond donors (Lipinski definition) is 2. The van der Waals surface area contributed by atoms with Crippen LogP contribution in [0.2, 0.25) is 0 Å². The third kappa shape index (κ3) is 3.98. The molecule has 0 aliphatic carbocycles. The van der Waals surface area contributed by atoms with Crippen LogP contribution in [0.25, 0.3) is 0 Å². The van der Waals surface area contributed by atoms with Gasteiger partial charge >= 0.3 is 0 Å². The lowest BCUT2D eigenvalue weighted by Gasteiger charge is -2.14. The molecule has 11 heavy (non-hydrogen) atoms. The number of nitrogens with two attached hydrogens (primary N) is 1. The molecular weight excluding hydrogens is 140 g/mol. The highest BCUT2D eigenvalue weighted by Crippen LogP contribution is 1.97. The van der Waals surface area contributed by atoms with Crippen molar-refractivity contribution < 1.29 is 4.79 Å². The van der Waals surface area contributed by atoms with Gasteiger partial charge in [-0.1, -0.05) is 20.8 Å². The third-order valence-corrected chi connectivity index (χ3v) is 1.57. The van der Waals surface area contributed by atoms with Crippen molar-refractivity contribution in [3.8, 4) is 0 Å². The average Bonchev–Trinajstić information content (AvgIpc) is 1.98. The Morgan fingerprint density at radius 1 is 1.55 bits per heavy atom. The van der Waals surface area contributed by atoms with Crippen molar-refractivity contribution in [1.29, 1.82) is 0 Å². The Morgan fingerprint density at radius 2 is 2.09 bits per heavy atom. The SMILES string of the molecule is CCCNC(=O)[C@H](N)C(C)C. The van der Waals surface area contributed by atoms with Gasteiger partial charge in [0, 0.05) is 6.54 Å². The maximum atomic E-state index is 11.1. The lowest BCUT2D eigenvalue weighted by Crippen LogP contribution is -2.44. The van der Waals surface area contributed by atoms with Gasteiger partial charge in [0.25, 0.3) is 0 Å². The summed E-state index contributed by atoms with van der Waals surface area (Å²) in [5, 5.41) is 2.75. The van der Waals surface area contributed by atoms with Crippen molar-refractivity contribution in [2.24, 2.45) is 11.7 Å². The van der Waals surface area contributed by atoms with Gasteiger partial charge in [0.2, 0.25) is 5.91 Å². The summed E-state index contributed by atoms with van der Waals surface area (Å²) < 4.78 is 0. The van der Waals surface area contributed by atoms with Gasteiger partial charge in [0.1, 0.15) is 0 Å². The number of carbonyl (C=O) groups excluding carboxylic acids is 1. The average molecular weight is 158 g/mol. The zero-order valence-electron chi connectivity index (χ0n) is 7.55. The molecule has 0 aromatic carbocycles. The second kappa shape index (κ2) is 5.13. The molecule has 0 saturated carbocycles. The minimum Gasteiger partial charge on any atom is -0.355 e. The van der Waals surface area contributed by atoms with E-state index in [4.69, 9.17) is 5.73 Å². The highest BCUT2D eigenvalue weighted by atomic mass is 16.2. The van der Waals surface area contributed by atoms with Gasteiger partial charge in [-0.15, -0.1) is 0 Å². The third-order valence-electron chi connectivity index (χ3n) is 1.57. The summed E-state index contributed by atoms with van der Waals surface area (Å²) in [7, 11) is 0. The fraction of sp³-hybridized carbons (Fsp3) is 0.875. The van der Waals surface area contributed by atoms with E-state index in [1.165, 1.54) is 0 Å². The predicted molar refractivity (Wildman–Crippen MR) is 46.1 cm³/mol. The van der Waals surface area contributed by atoms with Crippen molar-refractivity contribution in [2.45, 2.75) is 33.2 Å². The fourth-order valence-corrected chi connectivity index (χ4v) is 0.669. The van der Waals surface area contributed by atoms with Crippen LogP contribution in [0, 0.1) is 5.92 Å². The first kappa shape index (κ1) is 10.4. The van der Waals surface area contributed by atoms with Gasteiger partial charge < -0.3 is 11.1 Å². The molecule has 0 heterocycles. The van der Waals surface area contributed by atoms with E-state index < -0.39 is 0 Å². The molecule has 1 atom stereocenters. The Balaban J connectivity index is 3.64. The van der Waals surface area contributed by atoms with Crippen LogP contribution in [0.15, 0.2) is 0 Å². The Hall–Kier alpha value is -0.570. The standard InChI is InChI=1S/C8H18N2O/c1-4-5-10-8(11)7(9)6(2)3/h6-7H,4-5,9H2,1-3H3,(H,10,11)/t7-/m1/s1. The van der Waals surface area contributed by atoms with Gasteiger partial charge in [-0.2, -0.15) is 0 Å². The minimum absolute atomic E-state index is 0.0400. The van der Waals surface area contributed by atoms with Crippen LogP contribution in [0.3, 0.4) is 0 Å². The first-order chi connectivity index (χ1) is 5.09. The van der Waals surface area contributed by atoms with Crippen LogP contribution in [0.4, 0.5) is 0 Å². The van der Waals surface area contributed by atoms with E-state index in [9.17, 15) is 4.79 Å². The van der Waals surface area contributed by atoms with Crippen LogP contribution in [0.1, 0.15) is 27.2 Å². The van der Waals surface area contributed by atoms with Crippen molar-refractivity contribution in [2.75, 3.05) is 6.54 Å². The Labute approximate surface area is 68.3 Å². The maximum absolute atomic E-state index is 11.1. The maximum Gasteiger partial charge on any atom is 0.237 e. The van der Waals surface area contributed by atoms with E-state index in [1.807, 2.05) is 20.8 Å². The number of carbonyl (C=O) groups is 1. The molecule has 0 unspecified atom stereocenters. The Bertz CT molecular complexity index is 123. The zero-order valence-corrected chi connectivity index (χ0v) is 7.55. The summed E-state index contributed by atoms with van der Waals surface area (Å²) in [6, 6.07) is -0.360. The molecule has 0 fully saturated rings. The van der Waals surface area contributed by atoms with Gasteiger partial charge in [0.15, 0.2) is 0 Å². The molecule has 0 saturated heterocycles. The van der Waals surface area contributed by atoms with Gasteiger partial charge in [-0.3, -0.25) is 4.79 Å². The summed E-state index contributed by atoms with van der Waals surface area (Å²) in [4.78, 5) is 11.1. The van der Waals surface area contributed by atoms with E-state index in [2.05, 4.69) is 5.32 Å². The molecule has 66 valence electrons. The number of amides is 1. The fourth-order valence-electron chi connectivity index (χ4n) is 0.669. The normalized spacial score (nSPS) is 13.2. The minimum atomic E-state index is -0.360. The van der Waals surface area contributed by atoms with E-state index in [-0.39, 0.29) is 17.9 Å². The Kier molecular flexibility index (Phi) is 4.86. The molecule has 3 heteroatoms. The van der Waals surface area contributed by atoms with Crippen LogP contribution in [-0.2, 0) is 4.79 Å². The first-order valence-electron chi connectivity index (χ1n) is 4.12. The molecule has 0 spiro atoms. The highest BCUT2D eigenvalue weighted by Gasteiger charge is 2.15. The van der Waals surface area contributed by atoms with E-state index in [1.54, 1.807) is 0 Å². The summed E-state index contributed by atoms with van der Waals surface area (Å²) >= 11 is 0. The molecular formula is C8H18N2O. The van der Waals surface area contributed by atoms with Gasteiger partial charge in [0.05, 0.1) is 6.04 Å². The monoisotopic (exact) mass is 158 g/mol. The second-order valence-electron chi connectivity index (χ2n) is 3.06. The Morgan fingerprint density at radius 3 is 2.45 bits per heavy atom. The lowest BCUT2D eigenvalue weighted by molar-refractivity contribution is -0.123. The van der Waals surface area contributed by atoms with Crippen LogP contribution in [0.5, 0.6) is 0 Å². The van der Waals surface area contributed by atoms with Crippen molar-refractivity contribution in [1.82, 2.24) is 5.32 Å². The van der Waals surface area contributed by atoms with Crippen molar-refractivity contribution >= 4 is 5.91 Å². The molecule has 0 radical (unpaired) electrons. The molecule has 0 aliphatic heterocycles. The molecule has 0 aliphatic rings. The van der Waals surface area contributed by atoms with Crippen LogP contribution >= 0.6 is 0 Å². The summed E-state index contributed by atoms with van der Waals surface area (Å²) in [6.45, 7) is 6.62. The number of hydrogen-bond acceptors (Lipinski definition) is 2. The largest absolute Gasteiger partial charge is 0.355 e. The smallest absolute Gasteiger partial charge is 0.237 e. The summed E-state index contributed by atoms with van der Waals surface area (Å²) in [5.41, 5.74) is 5.59. The molecule has 1 amide bonds. The first-order valence-corrected chi connectivity index (χ1v) is 4.12. The van der Waals surface area contributed by atoms with E-state index in [0.717, 1.165) is 13.0 Å². The topological polar surface area (TPSA) is 55.1 Å². The molecule has 0 aromatic rings. The molecule has 0 rings (SSSR count). The molecule has 0 bridgehead atoms. The van der Waals surface area contributed by atoms with Crippen molar-refractivity contribution in [3.63, 3.8) is 0 Å². The molecule has 0 aromatic heterocycles. The second-order valence-corrected chi connectivity index (χ2v) is 3.06. The van der Waals surface area contributed by atoms with Gasteiger partial charge in [-0.25, -0.2) is 0 Å². The van der Waals surface area contributed by atoms with Crippen LogP contribution in [-0.4, -0.2) is 18.5 Å². The summed E-state index contributed by atoms with van der Waals surface area (Å²) in [6.07, 6.45) is 0.955. The van der Waals surface area contributed by atoms with E-state index in [0.29, 0.717) is 0 Å². The van der Waals surface area contributed by atoms with Gasteiger partial charge in [-0.05, 0) is 12.3 Å². The van der Waals surface area contributed by atoms with Crippen LogP contribution < -0.4 is 11.1 Å². The van der Waals surface area contributed by atoms with Crippen molar-refractivity contribution in [3.05, 3.63) is 0 Å². The summed E-state index contributed by atoms with van der Waals surface area (Å²) in [5.74, 6) is 0.175. The lowest BCUT2D eigenvalue weighted by atomic mass is 10.1. The molecule has 3 nitrogen and oxygen atoms in total. The number of rotatable bonds is 4. The molecule has 3 N–H and O–H groups in total. The zero-order chi connectivity index (χ0) is 8.85. The quantitative estimate of drug-likeness (QED) is 0.626. The highest BCUT2D eigenvalue weighted by molar-refractivity contribution is 5.81. The number of nitrogens with one attached hydrogen (secondary N) is 1.